The van der Waals surface area contributed by atoms with Crippen molar-refractivity contribution in [1.82, 2.24) is 10.2 Å². The smallest absolute Gasteiger partial charge is 0.226 e. The van der Waals surface area contributed by atoms with Crippen LogP contribution in [0.3, 0.4) is 0 Å². The summed E-state index contributed by atoms with van der Waals surface area (Å²) in [5.74, 6) is 0.811. The van der Waals surface area contributed by atoms with Crippen molar-refractivity contribution in [2.45, 2.75) is 45.6 Å². The lowest BCUT2D eigenvalue weighted by molar-refractivity contribution is -0.116. The van der Waals surface area contributed by atoms with E-state index in [2.05, 4.69) is 21.6 Å². The molecule has 3 rings (SSSR count). The second kappa shape index (κ2) is 8.40. The van der Waals surface area contributed by atoms with E-state index in [1.807, 2.05) is 26.0 Å². The molecule has 7 heteroatoms. The van der Waals surface area contributed by atoms with Gasteiger partial charge >= 0.3 is 0 Å². The molecule has 1 aromatic heterocycles. The number of amides is 1. The van der Waals surface area contributed by atoms with Gasteiger partial charge in [-0.15, -0.1) is 10.2 Å². The normalized spacial score (nSPS) is 16.8. The van der Waals surface area contributed by atoms with E-state index in [4.69, 9.17) is 9.47 Å². The molecule has 1 fully saturated rings. The van der Waals surface area contributed by atoms with Crippen molar-refractivity contribution in [3.8, 4) is 5.75 Å². The van der Waals surface area contributed by atoms with Gasteiger partial charge < -0.3 is 14.8 Å². The van der Waals surface area contributed by atoms with Crippen LogP contribution in [-0.4, -0.2) is 29.3 Å². The number of aryl methyl sites for hydroxylation is 2. The number of aromatic nitrogens is 2. The summed E-state index contributed by atoms with van der Waals surface area (Å²) in [6.45, 7) is 5.33. The summed E-state index contributed by atoms with van der Waals surface area (Å²) in [6, 6.07) is 6.12. The number of hydrogen-bond acceptors (Lipinski definition) is 6. The van der Waals surface area contributed by atoms with E-state index in [-0.39, 0.29) is 12.0 Å². The number of carbonyl (C=O) groups is 1. The van der Waals surface area contributed by atoms with Gasteiger partial charge in [-0.1, -0.05) is 23.5 Å². The minimum atomic E-state index is -0.0698. The van der Waals surface area contributed by atoms with Crippen molar-refractivity contribution < 1.29 is 14.3 Å². The minimum Gasteiger partial charge on any atom is -0.493 e. The molecule has 0 spiro atoms. The fourth-order valence-electron chi connectivity index (χ4n) is 2.65. The molecule has 0 saturated carbocycles. The number of ether oxygens (including phenoxy) is 2. The number of nitrogens with one attached hydrogen (secondary N) is 1. The molecule has 1 amide bonds. The summed E-state index contributed by atoms with van der Waals surface area (Å²) in [5.41, 5.74) is 2.27. The van der Waals surface area contributed by atoms with Crippen LogP contribution in [0.25, 0.3) is 0 Å². The van der Waals surface area contributed by atoms with E-state index < -0.39 is 0 Å². The molecule has 6 nitrogen and oxygen atoms in total. The lowest BCUT2D eigenvalue weighted by Crippen LogP contribution is -2.12. The third-order valence-corrected chi connectivity index (χ3v) is 4.97. The molecule has 0 unspecified atom stereocenters. The maximum absolute atomic E-state index is 12.0. The van der Waals surface area contributed by atoms with Crippen LogP contribution >= 0.6 is 11.3 Å². The standard InChI is InChI=1S/C18H23N3O3S/c1-12-7-8-13(2)15(11-12)24-10-4-6-16(22)19-18-21-20-17(25-18)14-5-3-9-23-14/h7-8,11,14H,3-6,9-10H2,1-2H3,(H,19,21,22)/t14-/m0/s1. The first-order valence-corrected chi connectivity index (χ1v) is 9.38. The van der Waals surface area contributed by atoms with Gasteiger partial charge in [0.2, 0.25) is 11.0 Å². The van der Waals surface area contributed by atoms with Crippen molar-refractivity contribution >= 4 is 22.4 Å². The Balaban J connectivity index is 1.40. The van der Waals surface area contributed by atoms with Crippen LogP contribution in [0.4, 0.5) is 5.13 Å². The molecule has 1 atom stereocenters. The van der Waals surface area contributed by atoms with E-state index in [0.717, 1.165) is 41.3 Å². The summed E-state index contributed by atoms with van der Waals surface area (Å²) in [5, 5.41) is 12.3. The molecule has 0 bridgehead atoms. The van der Waals surface area contributed by atoms with E-state index in [1.54, 1.807) is 0 Å². The molecule has 134 valence electrons. The Bertz CT molecular complexity index is 726. The lowest BCUT2D eigenvalue weighted by atomic mass is 10.1. The van der Waals surface area contributed by atoms with Crippen LogP contribution in [-0.2, 0) is 9.53 Å². The molecule has 0 aliphatic carbocycles. The van der Waals surface area contributed by atoms with Gasteiger partial charge in [0.15, 0.2) is 0 Å². The second-order valence-corrected chi connectivity index (χ2v) is 7.23. The highest BCUT2D eigenvalue weighted by molar-refractivity contribution is 7.15. The van der Waals surface area contributed by atoms with Gasteiger partial charge in [0.05, 0.1) is 6.61 Å². The summed E-state index contributed by atoms with van der Waals surface area (Å²) < 4.78 is 11.3. The van der Waals surface area contributed by atoms with Crippen molar-refractivity contribution in [2.75, 3.05) is 18.5 Å². The molecule has 0 radical (unpaired) electrons. The number of anilines is 1. The first-order valence-electron chi connectivity index (χ1n) is 8.57. The second-order valence-electron chi connectivity index (χ2n) is 6.22. The first kappa shape index (κ1) is 17.8. The van der Waals surface area contributed by atoms with Crippen molar-refractivity contribution in [3.63, 3.8) is 0 Å². The van der Waals surface area contributed by atoms with Gasteiger partial charge in [0.25, 0.3) is 0 Å². The number of hydrogen-bond donors (Lipinski definition) is 1. The molecule has 1 aliphatic rings. The topological polar surface area (TPSA) is 73.3 Å². The Morgan fingerprint density at radius 1 is 1.40 bits per heavy atom. The maximum atomic E-state index is 12.0. The molecule has 1 saturated heterocycles. The van der Waals surface area contributed by atoms with Crippen molar-refractivity contribution in [1.29, 1.82) is 0 Å². The Morgan fingerprint density at radius 3 is 3.08 bits per heavy atom. The zero-order chi connectivity index (χ0) is 17.6. The highest BCUT2D eigenvalue weighted by Crippen LogP contribution is 2.31. The zero-order valence-electron chi connectivity index (χ0n) is 14.6. The van der Waals surface area contributed by atoms with E-state index >= 15 is 0 Å². The van der Waals surface area contributed by atoms with Gasteiger partial charge in [0.1, 0.15) is 16.9 Å². The van der Waals surface area contributed by atoms with Crippen LogP contribution in [0.15, 0.2) is 18.2 Å². The third-order valence-electron chi connectivity index (χ3n) is 4.04. The zero-order valence-corrected chi connectivity index (χ0v) is 15.4. The maximum Gasteiger partial charge on any atom is 0.226 e. The van der Waals surface area contributed by atoms with Crippen LogP contribution in [0.2, 0.25) is 0 Å². The van der Waals surface area contributed by atoms with Gasteiger partial charge in [-0.2, -0.15) is 0 Å². The third kappa shape index (κ3) is 4.99. The van der Waals surface area contributed by atoms with Crippen LogP contribution in [0.5, 0.6) is 5.75 Å². The van der Waals surface area contributed by atoms with Gasteiger partial charge in [-0.3, -0.25) is 4.79 Å². The Morgan fingerprint density at radius 2 is 2.28 bits per heavy atom. The average Bonchev–Trinajstić information content (AvgIpc) is 3.26. The van der Waals surface area contributed by atoms with Crippen LogP contribution in [0, 0.1) is 13.8 Å². The fraction of sp³-hybridized carbons (Fsp3) is 0.500. The quantitative estimate of drug-likeness (QED) is 0.759. The van der Waals surface area contributed by atoms with Crippen molar-refractivity contribution in [2.24, 2.45) is 0 Å². The number of benzene rings is 1. The summed E-state index contributed by atoms with van der Waals surface area (Å²) in [7, 11) is 0. The van der Waals surface area contributed by atoms with Gasteiger partial charge in [0, 0.05) is 13.0 Å². The lowest BCUT2D eigenvalue weighted by Gasteiger charge is -2.09. The number of nitrogens with zero attached hydrogens (tertiary/aromatic N) is 2. The molecular formula is C18H23N3O3S. The van der Waals surface area contributed by atoms with Crippen LogP contribution < -0.4 is 10.1 Å². The fourth-order valence-corrected chi connectivity index (χ4v) is 3.49. The van der Waals surface area contributed by atoms with Crippen LogP contribution in [0.1, 0.15) is 47.9 Å². The molecule has 1 N–H and O–H groups in total. The summed E-state index contributed by atoms with van der Waals surface area (Å²) in [6.07, 6.45) is 3.09. The van der Waals surface area contributed by atoms with Gasteiger partial charge in [-0.25, -0.2) is 0 Å². The van der Waals surface area contributed by atoms with E-state index in [9.17, 15) is 4.79 Å². The predicted octanol–water partition coefficient (Wildman–Crippen LogP) is 3.80. The molecule has 2 heterocycles. The number of rotatable bonds is 7. The van der Waals surface area contributed by atoms with E-state index in [1.165, 1.54) is 11.3 Å². The Labute approximate surface area is 151 Å². The minimum absolute atomic E-state index is 0.0362. The summed E-state index contributed by atoms with van der Waals surface area (Å²) >= 11 is 1.39. The Kier molecular flexibility index (Phi) is 5.99. The molecule has 2 aromatic rings. The van der Waals surface area contributed by atoms with Crippen molar-refractivity contribution in [3.05, 3.63) is 34.3 Å². The van der Waals surface area contributed by atoms with E-state index in [0.29, 0.717) is 24.6 Å². The molecule has 1 aromatic carbocycles. The molecule has 25 heavy (non-hydrogen) atoms. The first-order chi connectivity index (χ1) is 12.1. The largest absolute Gasteiger partial charge is 0.493 e. The monoisotopic (exact) mass is 361 g/mol. The Hall–Kier alpha value is -1.99. The molecule has 1 aliphatic heterocycles. The average molecular weight is 361 g/mol. The SMILES string of the molecule is Cc1ccc(C)c(OCCCC(=O)Nc2nnc([C@@H]3CCCO3)s2)c1. The predicted molar refractivity (Wildman–Crippen MR) is 97.1 cm³/mol. The number of carbonyl (C=O) groups excluding carboxylic acids is 1. The highest BCUT2D eigenvalue weighted by atomic mass is 32.1. The molecular weight excluding hydrogens is 338 g/mol. The summed E-state index contributed by atoms with van der Waals surface area (Å²) in [4.78, 5) is 12.0. The highest BCUT2D eigenvalue weighted by Gasteiger charge is 2.22. The van der Waals surface area contributed by atoms with Gasteiger partial charge in [-0.05, 0) is 50.3 Å².